The number of nitrogens with zero attached hydrogens (tertiary/aromatic N) is 2. The number of urea groups is 1. The highest BCUT2D eigenvalue weighted by molar-refractivity contribution is 5.94. The summed E-state index contributed by atoms with van der Waals surface area (Å²) in [6, 6.07) is 2.27. The monoisotopic (exact) mass is 546 g/mol. The van der Waals surface area contributed by atoms with E-state index in [9.17, 15) is 9.59 Å². The van der Waals surface area contributed by atoms with Crippen LogP contribution in [0.25, 0.3) is 0 Å². The number of carbonyl (C=O) groups is 2. The van der Waals surface area contributed by atoms with Crippen LogP contribution in [0.1, 0.15) is 174 Å². The lowest BCUT2D eigenvalue weighted by Crippen LogP contribution is -2.39. The highest BCUT2D eigenvalue weighted by Crippen LogP contribution is 2.23. The van der Waals surface area contributed by atoms with Crippen molar-refractivity contribution in [2.24, 2.45) is 0 Å². The molecule has 226 valence electrons. The number of hydrogen-bond donors (Lipinski definition) is 2. The fourth-order valence-corrected chi connectivity index (χ4v) is 5.31. The van der Waals surface area contributed by atoms with Crippen LogP contribution < -0.4 is 10.6 Å². The fraction of sp³-hybridized carbons (Fsp3) is 0.848. The minimum absolute atomic E-state index is 0.151. The molecule has 0 aliphatic carbocycles. The maximum absolute atomic E-state index is 11.9. The van der Waals surface area contributed by atoms with E-state index in [1.54, 1.807) is 0 Å². The van der Waals surface area contributed by atoms with E-state index in [0.717, 1.165) is 25.7 Å². The van der Waals surface area contributed by atoms with Crippen molar-refractivity contribution in [2.75, 3.05) is 6.54 Å². The second-order valence-electron chi connectivity index (χ2n) is 11.5. The standard InChI is InChI=1S/C33H62N4O2/c1-3-5-7-9-10-14-18-22-27-32(38)36-33(39)34-28-23-19-15-12-11-13-17-21-26-31(37-30-24-29-35-37)25-20-16-8-6-4-2/h24,29-31H,3-23,25-28H2,1-2H3,(H2,34,36,38,39). The summed E-state index contributed by atoms with van der Waals surface area (Å²) < 4.78 is 2.18. The van der Waals surface area contributed by atoms with Crippen LogP contribution >= 0.6 is 0 Å². The molecule has 0 spiro atoms. The SMILES string of the molecule is CCCCCCCCCCC(=O)NC(=O)NCCCCCCCCCCC(CCCCCCC)n1cccn1. The Labute approximate surface area is 240 Å². The van der Waals surface area contributed by atoms with Crippen LogP contribution in [-0.2, 0) is 4.79 Å². The summed E-state index contributed by atoms with van der Waals surface area (Å²) in [5.74, 6) is -0.151. The lowest BCUT2D eigenvalue weighted by atomic mass is 10.00. The molecular formula is C33H62N4O2. The highest BCUT2D eigenvalue weighted by atomic mass is 16.2. The molecule has 0 aromatic carbocycles. The molecule has 0 bridgehead atoms. The molecule has 0 aliphatic heterocycles. The molecule has 1 atom stereocenters. The third-order valence-corrected chi connectivity index (χ3v) is 7.80. The van der Waals surface area contributed by atoms with Gasteiger partial charge in [0.2, 0.25) is 5.91 Å². The molecule has 1 aromatic rings. The van der Waals surface area contributed by atoms with Gasteiger partial charge < -0.3 is 5.32 Å². The van der Waals surface area contributed by atoms with Crippen molar-refractivity contribution in [2.45, 2.75) is 174 Å². The van der Waals surface area contributed by atoms with Gasteiger partial charge in [-0.05, 0) is 31.7 Å². The molecule has 6 heteroatoms. The van der Waals surface area contributed by atoms with Crippen molar-refractivity contribution < 1.29 is 9.59 Å². The number of unbranched alkanes of at least 4 members (excludes halogenated alkanes) is 18. The summed E-state index contributed by atoms with van der Waals surface area (Å²) in [5.41, 5.74) is 0. The van der Waals surface area contributed by atoms with Gasteiger partial charge >= 0.3 is 6.03 Å². The largest absolute Gasteiger partial charge is 0.338 e. The molecule has 0 fully saturated rings. The van der Waals surface area contributed by atoms with Gasteiger partial charge in [-0.25, -0.2) is 4.79 Å². The summed E-state index contributed by atoms with van der Waals surface area (Å²) in [4.78, 5) is 23.8. The molecule has 39 heavy (non-hydrogen) atoms. The Morgan fingerprint density at radius 2 is 1.15 bits per heavy atom. The quantitative estimate of drug-likeness (QED) is 0.108. The second kappa shape index (κ2) is 26.4. The molecule has 1 unspecified atom stereocenters. The van der Waals surface area contributed by atoms with Gasteiger partial charge in [-0.3, -0.25) is 14.8 Å². The molecule has 0 saturated heterocycles. The molecule has 6 nitrogen and oxygen atoms in total. The molecule has 0 radical (unpaired) electrons. The van der Waals surface area contributed by atoms with E-state index in [1.165, 1.54) is 122 Å². The Balaban J connectivity index is 1.92. The zero-order valence-corrected chi connectivity index (χ0v) is 25.7. The molecule has 2 N–H and O–H groups in total. The Hall–Kier alpha value is -1.85. The Morgan fingerprint density at radius 3 is 1.67 bits per heavy atom. The molecule has 1 aromatic heterocycles. The number of amides is 3. The van der Waals surface area contributed by atoms with Gasteiger partial charge in [-0.15, -0.1) is 0 Å². The van der Waals surface area contributed by atoms with Gasteiger partial charge in [-0.2, -0.15) is 5.10 Å². The number of rotatable bonds is 27. The number of imide groups is 1. The van der Waals surface area contributed by atoms with E-state index >= 15 is 0 Å². The third kappa shape index (κ3) is 21.6. The summed E-state index contributed by atoms with van der Waals surface area (Å²) in [6.45, 7) is 5.15. The van der Waals surface area contributed by atoms with Crippen LogP contribution in [0.4, 0.5) is 4.79 Å². The summed E-state index contributed by atoms with van der Waals surface area (Å²) >= 11 is 0. The predicted octanol–water partition coefficient (Wildman–Crippen LogP) is 9.65. The van der Waals surface area contributed by atoms with Gasteiger partial charge in [0.05, 0.1) is 6.04 Å². The van der Waals surface area contributed by atoms with Crippen LogP contribution in [0.15, 0.2) is 18.5 Å². The first kappa shape index (κ1) is 35.2. The first-order valence-corrected chi connectivity index (χ1v) is 16.7. The van der Waals surface area contributed by atoms with E-state index in [4.69, 9.17) is 0 Å². The van der Waals surface area contributed by atoms with Crippen molar-refractivity contribution >= 4 is 11.9 Å². The maximum atomic E-state index is 11.9. The first-order chi connectivity index (χ1) is 19.2. The smallest absolute Gasteiger partial charge is 0.321 e. The topological polar surface area (TPSA) is 76.0 Å². The highest BCUT2D eigenvalue weighted by Gasteiger charge is 2.11. The second-order valence-corrected chi connectivity index (χ2v) is 11.5. The molecule has 1 heterocycles. The van der Waals surface area contributed by atoms with Gasteiger partial charge in [-0.1, -0.05) is 136 Å². The average Bonchev–Trinajstić information content (AvgIpc) is 3.47. The zero-order valence-electron chi connectivity index (χ0n) is 25.7. The third-order valence-electron chi connectivity index (χ3n) is 7.80. The number of nitrogens with one attached hydrogen (secondary N) is 2. The zero-order chi connectivity index (χ0) is 28.2. The Morgan fingerprint density at radius 1 is 0.667 bits per heavy atom. The number of carbonyl (C=O) groups excluding carboxylic acids is 2. The predicted molar refractivity (Wildman–Crippen MR) is 165 cm³/mol. The first-order valence-electron chi connectivity index (χ1n) is 16.7. The van der Waals surface area contributed by atoms with E-state index in [1.807, 2.05) is 12.3 Å². The van der Waals surface area contributed by atoms with Crippen LogP contribution in [0.2, 0.25) is 0 Å². The molecule has 1 rings (SSSR count). The van der Waals surface area contributed by atoms with Crippen LogP contribution in [0.3, 0.4) is 0 Å². The minimum atomic E-state index is -0.339. The van der Waals surface area contributed by atoms with Crippen LogP contribution in [0, 0.1) is 0 Å². The fourth-order valence-electron chi connectivity index (χ4n) is 5.31. The van der Waals surface area contributed by atoms with E-state index < -0.39 is 0 Å². The van der Waals surface area contributed by atoms with E-state index in [0.29, 0.717) is 19.0 Å². The molecular weight excluding hydrogens is 484 g/mol. The molecule has 0 saturated carbocycles. The van der Waals surface area contributed by atoms with Crippen LogP contribution in [-0.4, -0.2) is 28.3 Å². The van der Waals surface area contributed by atoms with Crippen molar-refractivity contribution in [1.82, 2.24) is 20.4 Å². The number of aromatic nitrogens is 2. The van der Waals surface area contributed by atoms with Gasteiger partial charge in [0.1, 0.15) is 0 Å². The minimum Gasteiger partial charge on any atom is -0.338 e. The lowest BCUT2D eigenvalue weighted by molar-refractivity contribution is -0.120. The van der Waals surface area contributed by atoms with Gasteiger partial charge in [0, 0.05) is 25.4 Å². The van der Waals surface area contributed by atoms with Crippen molar-refractivity contribution in [1.29, 1.82) is 0 Å². The molecule has 3 amide bonds. The van der Waals surface area contributed by atoms with Gasteiger partial charge in [0.15, 0.2) is 0 Å². The summed E-state index contributed by atoms with van der Waals surface area (Å²) in [5, 5.41) is 9.82. The number of hydrogen-bond acceptors (Lipinski definition) is 3. The van der Waals surface area contributed by atoms with E-state index in [-0.39, 0.29) is 11.9 Å². The molecule has 0 aliphatic rings. The lowest BCUT2D eigenvalue weighted by Gasteiger charge is -2.17. The van der Waals surface area contributed by atoms with Gasteiger partial charge in [0.25, 0.3) is 0 Å². The average molecular weight is 547 g/mol. The normalized spacial score (nSPS) is 11.9. The summed E-state index contributed by atoms with van der Waals surface area (Å²) in [6.07, 6.45) is 33.1. The Bertz CT molecular complexity index is 677. The van der Waals surface area contributed by atoms with Crippen LogP contribution in [0.5, 0.6) is 0 Å². The van der Waals surface area contributed by atoms with Crippen molar-refractivity contribution in [3.05, 3.63) is 18.5 Å². The van der Waals surface area contributed by atoms with Crippen molar-refractivity contribution in [3.63, 3.8) is 0 Å². The van der Waals surface area contributed by atoms with Crippen molar-refractivity contribution in [3.8, 4) is 0 Å². The summed E-state index contributed by atoms with van der Waals surface area (Å²) in [7, 11) is 0. The maximum Gasteiger partial charge on any atom is 0.321 e. The Kier molecular flexibility index (Phi) is 23.8. The van der Waals surface area contributed by atoms with E-state index in [2.05, 4.69) is 40.5 Å².